The molecule has 0 aliphatic carbocycles. The van der Waals surface area contributed by atoms with Gasteiger partial charge in [0.05, 0.1) is 11.4 Å². The monoisotopic (exact) mass is 474 g/mol. The normalized spacial score (nSPS) is 11.5. The Labute approximate surface area is 172 Å². The molecule has 0 saturated carbocycles. The highest BCUT2D eigenvalue weighted by molar-refractivity contribution is 9.10. The van der Waals surface area contributed by atoms with Crippen molar-refractivity contribution < 1.29 is 17.9 Å². The molecule has 0 aliphatic heterocycles. The number of rotatable bonds is 7. The molecule has 2 aromatic carbocycles. The Morgan fingerprint density at radius 3 is 2.33 bits per heavy atom. The van der Waals surface area contributed by atoms with Gasteiger partial charge in [0.2, 0.25) is 10.0 Å². The lowest BCUT2D eigenvalue weighted by atomic mass is 10.2. The summed E-state index contributed by atoms with van der Waals surface area (Å²) in [6, 6.07) is 11.5. The molecule has 0 N–H and O–H groups in total. The predicted octanol–water partition coefficient (Wildman–Crippen LogP) is 3.50. The summed E-state index contributed by atoms with van der Waals surface area (Å²) in [6.07, 6.45) is 0. The molecule has 0 radical (unpaired) electrons. The van der Waals surface area contributed by atoms with E-state index in [0.29, 0.717) is 28.4 Å². The summed E-state index contributed by atoms with van der Waals surface area (Å²) in [4.78, 5) is 14.1. The van der Waals surface area contributed by atoms with Crippen LogP contribution in [0.15, 0.2) is 51.8 Å². The Bertz CT molecular complexity index is 917. The number of sulfonamides is 1. The third kappa shape index (κ3) is 5.44. The van der Waals surface area contributed by atoms with Crippen LogP contribution in [0, 0.1) is 0 Å². The summed E-state index contributed by atoms with van der Waals surface area (Å²) < 4.78 is 31.9. The number of benzene rings is 2. The van der Waals surface area contributed by atoms with E-state index < -0.39 is 10.0 Å². The van der Waals surface area contributed by atoms with E-state index in [-0.39, 0.29) is 16.4 Å². The minimum atomic E-state index is -3.67. The highest BCUT2D eigenvalue weighted by atomic mass is 79.9. The number of carbonyl (C=O) groups excluding carboxylic acids is 1. The molecule has 0 aliphatic rings. The van der Waals surface area contributed by atoms with Gasteiger partial charge in [-0.2, -0.15) is 0 Å². The number of nitrogens with zero attached hydrogens (tertiary/aromatic N) is 2. The van der Waals surface area contributed by atoms with Gasteiger partial charge in [0.1, 0.15) is 12.4 Å². The van der Waals surface area contributed by atoms with Crippen molar-refractivity contribution in [3.8, 4) is 5.75 Å². The van der Waals surface area contributed by atoms with Gasteiger partial charge in [0.15, 0.2) is 0 Å². The maximum atomic E-state index is 12.6. The second-order valence-electron chi connectivity index (χ2n) is 5.96. The van der Waals surface area contributed by atoms with E-state index in [2.05, 4.69) is 15.9 Å². The van der Waals surface area contributed by atoms with Crippen molar-refractivity contribution in [3.63, 3.8) is 0 Å². The average molecular weight is 476 g/mol. The molecule has 0 bridgehead atoms. The number of ether oxygens (including phenoxy) is 1. The van der Waals surface area contributed by atoms with Gasteiger partial charge >= 0.3 is 0 Å². The Balaban J connectivity index is 2.07. The van der Waals surface area contributed by atoms with E-state index in [1.807, 2.05) is 0 Å². The van der Waals surface area contributed by atoms with E-state index >= 15 is 0 Å². The van der Waals surface area contributed by atoms with Crippen LogP contribution in [0.4, 0.5) is 0 Å². The Morgan fingerprint density at radius 1 is 1.11 bits per heavy atom. The standard InChI is InChI=1S/C18H20BrClN2O4S/c1-21(2)27(24,25)17-12-13(4-9-16(17)19)18(23)22(3)10-11-26-15-7-5-14(20)6-8-15/h4-9,12H,10-11H2,1-3H3. The van der Waals surface area contributed by atoms with Crippen LogP contribution in [0.25, 0.3) is 0 Å². The molecule has 2 rings (SSSR count). The van der Waals surface area contributed by atoms with Crippen molar-refractivity contribution in [2.45, 2.75) is 4.90 Å². The summed E-state index contributed by atoms with van der Waals surface area (Å²) in [5, 5.41) is 0.619. The van der Waals surface area contributed by atoms with E-state index in [1.165, 1.54) is 25.1 Å². The fraction of sp³-hybridized carbons (Fsp3) is 0.278. The number of likely N-dealkylation sites (N-methyl/N-ethyl adjacent to an activating group) is 1. The predicted molar refractivity (Wildman–Crippen MR) is 109 cm³/mol. The first-order valence-corrected chi connectivity index (χ1v) is 10.6. The van der Waals surface area contributed by atoms with Crippen LogP contribution in [0.1, 0.15) is 10.4 Å². The lowest BCUT2D eigenvalue weighted by Crippen LogP contribution is -2.31. The zero-order valence-electron chi connectivity index (χ0n) is 15.1. The van der Waals surface area contributed by atoms with Gasteiger partial charge in [0, 0.05) is 36.2 Å². The molecular formula is C18H20BrClN2O4S. The zero-order valence-corrected chi connectivity index (χ0v) is 18.3. The molecule has 1 amide bonds. The minimum Gasteiger partial charge on any atom is -0.492 e. The number of halogens is 2. The summed E-state index contributed by atoms with van der Waals surface area (Å²) >= 11 is 9.06. The largest absolute Gasteiger partial charge is 0.492 e. The highest BCUT2D eigenvalue weighted by Gasteiger charge is 2.23. The Hall–Kier alpha value is -1.61. The van der Waals surface area contributed by atoms with E-state index in [9.17, 15) is 13.2 Å². The van der Waals surface area contributed by atoms with Crippen molar-refractivity contribution in [3.05, 3.63) is 57.5 Å². The summed E-state index contributed by atoms with van der Waals surface area (Å²) in [7, 11) is 0.851. The fourth-order valence-electron chi connectivity index (χ4n) is 2.18. The first-order valence-electron chi connectivity index (χ1n) is 7.99. The fourth-order valence-corrected chi connectivity index (χ4v) is 4.15. The van der Waals surface area contributed by atoms with Crippen LogP contribution in [0.3, 0.4) is 0 Å². The summed E-state index contributed by atoms with van der Waals surface area (Å²) in [6.45, 7) is 0.635. The first-order chi connectivity index (χ1) is 12.6. The van der Waals surface area contributed by atoms with Gasteiger partial charge in [-0.3, -0.25) is 4.79 Å². The lowest BCUT2D eigenvalue weighted by molar-refractivity contribution is 0.0773. The second-order valence-corrected chi connectivity index (χ2v) is 9.37. The molecule has 0 atom stereocenters. The van der Waals surface area contributed by atoms with Crippen LogP contribution in [0.5, 0.6) is 5.75 Å². The lowest BCUT2D eigenvalue weighted by Gasteiger charge is -2.19. The minimum absolute atomic E-state index is 0.0455. The first kappa shape index (κ1) is 21.7. The Morgan fingerprint density at radius 2 is 1.74 bits per heavy atom. The third-order valence-corrected chi connectivity index (χ3v) is 6.85. The zero-order chi connectivity index (χ0) is 20.2. The van der Waals surface area contributed by atoms with Gasteiger partial charge in [0.25, 0.3) is 5.91 Å². The van der Waals surface area contributed by atoms with Gasteiger partial charge in [-0.05, 0) is 58.4 Å². The molecule has 6 nitrogen and oxygen atoms in total. The number of carbonyl (C=O) groups is 1. The number of hydrogen-bond donors (Lipinski definition) is 0. The van der Waals surface area contributed by atoms with Crippen molar-refractivity contribution >= 4 is 43.5 Å². The van der Waals surface area contributed by atoms with Crippen molar-refractivity contribution in [2.75, 3.05) is 34.3 Å². The van der Waals surface area contributed by atoms with Crippen LogP contribution < -0.4 is 4.74 Å². The maximum Gasteiger partial charge on any atom is 0.253 e. The average Bonchev–Trinajstić information content (AvgIpc) is 2.62. The molecule has 9 heteroatoms. The van der Waals surface area contributed by atoms with Gasteiger partial charge < -0.3 is 9.64 Å². The quantitative estimate of drug-likeness (QED) is 0.615. The molecule has 146 valence electrons. The van der Waals surface area contributed by atoms with Gasteiger partial charge in [-0.1, -0.05) is 11.6 Å². The SMILES string of the molecule is CN(CCOc1ccc(Cl)cc1)C(=O)c1ccc(Br)c(S(=O)(=O)N(C)C)c1. The molecule has 27 heavy (non-hydrogen) atoms. The Kier molecular flexibility index (Phi) is 7.27. The van der Waals surface area contributed by atoms with Gasteiger partial charge in [-0.15, -0.1) is 0 Å². The van der Waals surface area contributed by atoms with Gasteiger partial charge in [-0.25, -0.2) is 12.7 Å². The van der Waals surface area contributed by atoms with E-state index in [1.54, 1.807) is 43.4 Å². The molecule has 0 spiro atoms. The summed E-state index contributed by atoms with van der Waals surface area (Å²) in [5.74, 6) is 0.362. The molecule has 0 fully saturated rings. The molecule has 2 aromatic rings. The van der Waals surface area contributed by atoms with E-state index in [0.717, 1.165) is 4.31 Å². The van der Waals surface area contributed by atoms with E-state index in [4.69, 9.17) is 16.3 Å². The smallest absolute Gasteiger partial charge is 0.253 e. The van der Waals surface area contributed by atoms with Crippen LogP contribution in [-0.2, 0) is 10.0 Å². The molecule has 0 aromatic heterocycles. The summed E-state index contributed by atoms with van der Waals surface area (Å²) in [5.41, 5.74) is 0.285. The van der Waals surface area contributed by atoms with Crippen molar-refractivity contribution in [2.24, 2.45) is 0 Å². The maximum absolute atomic E-state index is 12.6. The molecule has 0 heterocycles. The van der Waals surface area contributed by atoms with Crippen molar-refractivity contribution in [1.29, 1.82) is 0 Å². The number of hydrogen-bond acceptors (Lipinski definition) is 4. The third-order valence-electron chi connectivity index (χ3n) is 3.79. The molecular weight excluding hydrogens is 456 g/mol. The topological polar surface area (TPSA) is 66.9 Å². The van der Waals surface area contributed by atoms with Crippen LogP contribution in [0.2, 0.25) is 5.02 Å². The van der Waals surface area contributed by atoms with Crippen molar-refractivity contribution in [1.82, 2.24) is 9.21 Å². The second kappa shape index (κ2) is 9.05. The molecule has 0 saturated heterocycles. The van der Waals surface area contributed by atoms with Crippen LogP contribution in [-0.4, -0.2) is 57.8 Å². The number of amides is 1. The highest BCUT2D eigenvalue weighted by Crippen LogP contribution is 2.25. The molecule has 0 unspecified atom stereocenters. The van der Waals surface area contributed by atoms with Crippen LogP contribution >= 0.6 is 27.5 Å².